The van der Waals surface area contributed by atoms with Gasteiger partial charge in [-0.2, -0.15) is 0 Å². The van der Waals surface area contributed by atoms with Gasteiger partial charge in [0.25, 0.3) is 0 Å². The molecule has 2 atom stereocenters. The number of hydrogen-bond donors (Lipinski definition) is 1. The number of piperazine rings is 1. The van der Waals surface area contributed by atoms with Gasteiger partial charge in [0.1, 0.15) is 0 Å². The van der Waals surface area contributed by atoms with Crippen LogP contribution in [-0.2, 0) is 4.79 Å². The van der Waals surface area contributed by atoms with E-state index in [0.29, 0.717) is 31.5 Å². The van der Waals surface area contributed by atoms with E-state index in [1.807, 2.05) is 11.0 Å². The van der Waals surface area contributed by atoms with Gasteiger partial charge in [0.2, 0.25) is 11.9 Å². The molecule has 1 fully saturated rings. The maximum absolute atomic E-state index is 12.8. The van der Waals surface area contributed by atoms with Crippen LogP contribution in [0.1, 0.15) is 57.2 Å². The van der Waals surface area contributed by atoms with Crippen molar-refractivity contribution < 1.29 is 4.79 Å². The van der Waals surface area contributed by atoms with E-state index in [9.17, 15) is 4.79 Å². The van der Waals surface area contributed by atoms with Gasteiger partial charge in [-0.1, -0.05) is 52.0 Å². The van der Waals surface area contributed by atoms with Crippen LogP contribution in [0.5, 0.6) is 0 Å². The molecule has 1 amide bonds. The van der Waals surface area contributed by atoms with E-state index >= 15 is 0 Å². The fourth-order valence-corrected chi connectivity index (χ4v) is 3.93. The summed E-state index contributed by atoms with van der Waals surface area (Å²) in [6.07, 6.45) is 4.65. The van der Waals surface area contributed by atoms with Crippen LogP contribution in [0.15, 0.2) is 42.7 Å². The third-order valence-electron chi connectivity index (χ3n) is 6.08. The third-order valence-corrected chi connectivity index (χ3v) is 6.08. The molecule has 2 heterocycles. The van der Waals surface area contributed by atoms with Gasteiger partial charge in [-0.25, -0.2) is 9.97 Å². The fraction of sp³-hybridized carbons (Fsp3) is 0.542. The second kappa shape index (κ2) is 10.5. The van der Waals surface area contributed by atoms with Crippen molar-refractivity contribution in [2.75, 3.05) is 37.6 Å². The zero-order chi connectivity index (χ0) is 21.5. The highest BCUT2D eigenvalue weighted by molar-refractivity contribution is 5.78. The predicted molar refractivity (Wildman–Crippen MR) is 122 cm³/mol. The maximum Gasteiger partial charge on any atom is 0.236 e. The molecule has 0 bridgehead atoms. The lowest BCUT2D eigenvalue weighted by Crippen LogP contribution is -2.51. The van der Waals surface area contributed by atoms with E-state index in [4.69, 9.17) is 0 Å². The van der Waals surface area contributed by atoms with E-state index < -0.39 is 0 Å². The maximum atomic E-state index is 12.8. The summed E-state index contributed by atoms with van der Waals surface area (Å²) in [7, 11) is 0. The van der Waals surface area contributed by atoms with E-state index in [1.54, 1.807) is 12.4 Å². The Kier molecular flexibility index (Phi) is 7.80. The second-order valence-electron chi connectivity index (χ2n) is 8.50. The standard InChI is InChI=1S/C24H35N5O/c1-5-19(4)20-7-9-21(10-8-20)23(18(2)3)27-17-22(30)28-13-15-29(16-14-28)24-25-11-6-12-26-24/h6-12,18-19,23,27H,5,13-17H2,1-4H3/t19-,23+/m1/s1. The SMILES string of the molecule is CC[C@@H](C)c1ccc([C@@H](NCC(=O)N2CCN(c3ncccn3)CC2)C(C)C)cc1. The monoisotopic (exact) mass is 409 g/mol. The molecular weight excluding hydrogens is 374 g/mol. The molecule has 0 radical (unpaired) electrons. The molecule has 0 saturated carbocycles. The third kappa shape index (κ3) is 5.57. The minimum Gasteiger partial charge on any atom is -0.338 e. The van der Waals surface area contributed by atoms with Gasteiger partial charge < -0.3 is 15.1 Å². The number of benzene rings is 1. The van der Waals surface area contributed by atoms with Crippen LogP contribution in [0.2, 0.25) is 0 Å². The molecule has 162 valence electrons. The van der Waals surface area contributed by atoms with Crippen LogP contribution >= 0.6 is 0 Å². The molecule has 0 aliphatic carbocycles. The summed E-state index contributed by atoms with van der Waals surface area (Å²) >= 11 is 0. The van der Waals surface area contributed by atoms with Gasteiger partial charge in [-0.3, -0.25) is 4.79 Å². The number of carbonyl (C=O) groups excluding carboxylic acids is 1. The van der Waals surface area contributed by atoms with Gasteiger partial charge in [-0.05, 0) is 35.4 Å². The number of hydrogen-bond acceptors (Lipinski definition) is 5. The van der Waals surface area contributed by atoms with Crippen molar-refractivity contribution in [1.82, 2.24) is 20.2 Å². The molecule has 3 rings (SSSR count). The highest BCUT2D eigenvalue weighted by Crippen LogP contribution is 2.25. The summed E-state index contributed by atoms with van der Waals surface area (Å²) in [5, 5.41) is 3.51. The van der Waals surface area contributed by atoms with Gasteiger partial charge in [0.05, 0.1) is 6.54 Å². The summed E-state index contributed by atoms with van der Waals surface area (Å²) in [4.78, 5) is 25.5. The molecule has 6 nitrogen and oxygen atoms in total. The normalized spacial score (nSPS) is 16.6. The molecular formula is C24H35N5O. The predicted octanol–water partition coefficient (Wildman–Crippen LogP) is 3.63. The zero-order valence-corrected chi connectivity index (χ0v) is 18.7. The molecule has 1 aliphatic heterocycles. The van der Waals surface area contributed by atoms with Crippen molar-refractivity contribution in [3.05, 3.63) is 53.9 Å². The smallest absolute Gasteiger partial charge is 0.236 e. The van der Waals surface area contributed by atoms with Crippen molar-refractivity contribution in [2.24, 2.45) is 5.92 Å². The number of amides is 1. The van der Waals surface area contributed by atoms with Crippen LogP contribution in [0.4, 0.5) is 5.95 Å². The summed E-state index contributed by atoms with van der Waals surface area (Å²) in [5.74, 6) is 1.87. The Balaban J connectivity index is 1.53. The first-order valence-electron chi connectivity index (χ1n) is 11.1. The Hall–Kier alpha value is -2.47. The van der Waals surface area contributed by atoms with Crippen molar-refractivity contribution in [3.8, 4) is 0 Å². The average Bonchev–Trinajstić information content (AvgIpc) is 2.79. The molecule has 1 saturated heterocycles. The molecule has 0 spiro atoms. The molecule has 1 aromatic carbocycles. The Morgan fingerprint density at radius 1 is 1.00 bits per heavy atom. The molecule has 0 unspecified atom stereocenters. The van der Waals surface area contributed by atoms with Gasteiger partial charge in [-0.15, -0.1) is 0 Å². The molecule has 1 N–H and O–H groups in total. The Morgan fingerprint density at radius 3 is 2.17 bits per heavy atom. The lowest BCUT2D eigenvalue weighted by molar-refractivity contribution is -0.130. The molecule has 2 aromatic rings. The van der Waals surface area contributed by atoms with Crippen LogP contribution < -0.4 is 10.2 Å². The van der Waals surface area contributed by atoms with Gasteiger partial charge in [0.15, 0.2) is 0 Å². The van der Waals surface area contributed by atoms with Crippen molar-refractivity contribution in [1.29, 1.82) is 0 Å². The van der Waals surface area contributed by atoms with Gasteiger partial charge in [0, 0.05) is 44.6 Å². The molecule has 30 heavy (non-hydrogen) atoms. The first kappa shape index (κ1) is 22.2. The van der Waals surface area contributed by atoms with Crippen molar-refractivity contribution >= 4 is 11.9 Å². The minimum atomic E-state index is 0.158. The summed E-state index contributed by atoms with van der Waals surface area (Å²) in [5.41, 5.74) is 2.62. The van der Waals surface area contributed by atoms with Crippen LogP contribution in [-0.4, -0.2) is 53.5 Å². The number of nitrogens with one attached hydrogen (secondary N) is 1. The van der Waals surface area contributed by atoms with Crippen molar-refractivity contribution in [3.63, 3.8) is 0 Å². The molecule has 1 aromatic heterocycles. The summed E-state index contributed by atoms with van der Waals surface area (Å²) in [6, 6.07) is 10.9. The van der Waals surface area contributed by atoms with Crippen LogP contribution in [0, 0.1) is 5.92 Å². The zero-order valence-electron chi connectivity index (χ0n) is 18.7. The second-order valence-corrected chi connectivity index (χ2v) is 8.50. The number of anilines is 1. The lowest BCUT2D eigenvalue weighted by Gasteiger charge is -2.35. The Labute approximate surface area is 180 Å². The first-order chi connectivity index (χ1) is 14.5. The average molecular weight is 410 g/mol. The summed E-state index contributed by atoms with van der Waals surface area (Å²) < 4.78 is 0. The first-order valence-corrected chi connectivity index (χ1v) is 11.1. The van der Waals surface area contributed by atoms with Crippen molar-refractivity contribution in [2.45, 2.75) is 46.1 Å². The Bertz CT molecular complexity index is 785. The van der Waals surface area contributed by atoms with Crippen LogP contribution in [0.3, 0.4) is 0 Å². The van der Waals surface area contributed by atoms with E-state index in [1.165, 1.54) is 11.1 Å². The summed E-state index contributed by atoms with van der Waals surface area (Å²) in [6.45, 7) is 12.2. The fourth-order valence-electron chi connectivity index (χ4n) is 3.93. The minimum absolute atomic E-state index is 0.158. The Morgan fingerprint density at radius 2 is 1.60 bits per heavy atom. The lowest BCUT2D eigenvalue weighted by atomic mass is 9.92. The number of carbonyl (C=O) groups is 1. The highest BCUT2D eigenvalue weighted by Gasteiger charge is 2.24. The number of rotatable bonds is 8. The highest BCUT2D eigenvalue weighted by atomic mass is 16.2. The molecule has 1 aliphatic rings. The van der Waals surface area contributed by atoms with E-state index in [-0.39, 0.29) is 11.9 Å². The van der Waals surface area contributed by atoms with E-state index in [2.05, 4.69) is 72.1 Å². The number of nitrogens with zero attached hydrogens (tertiary/aromatic N) is 4. The van der Waals surface area contributed by atoms with Crippen LogP contribution in [0.25, 0.3) is 0 Å². The topological polar surface area (TPSA) is 61.4 Å². The number of aromatic nitrogens is 2. The largest absolute Gasteiger partial charge is 0.338 e. The molecule has 6 heteroatoms. The van der Waals surface area contributed by atoms with E-state index in [0.717, 1.165) is 25.5 Å². The quantitative estimate of drug-likeness (QED) is 0.721. The van der Waals surface area contributed by atoms with Gasteiger partial charge >= 0.3 is 0 Å².